The lowest BCUT2D eigenvalue weighted by Gasteiger charge is -2.33. The number of methoxy groups -OCH3 is 1. The van der Waals surface area contributed by atoms with Crippen LogP contribution in [0.4, 0.5) is 0 Å². The summed E-state index contributed by atoms with van der Waals surface area (Å²) in [4.78, 5) is 2.57. The SMILES string of the molecule is CCCN1CCC(N[C@H](C)COC)CC1. The van der Waals surface area contributed by atoms with Gasteiger partial charge in [0.2, 0.25) is 0 Å². The fourth-order valence-corrected chi connectivity index (χ4v) is 2.34. The van der Waals surface area contributed by atoms with Gasteiger partial charge in [0.05, 0.1) is 6.61 Å². The molecule has 0 unspecified atom stereocenters. The maximum atomic E-state index is 5.13. The van der Waals surface area contributed by atoms with E-state index in [1.54, 1.807) is 7.11 Å². The first kappa shape index (κ1) is 12.9. The van der Waals surface area contributed by atoms with Crippen LogP contribution in [0, 0.1) is 0 Å². The van der Waals surface area contributed by atoms with E-state index in [4.69, 9.17) is 4.74 Å². The Kier molecular flexibility index (Phi) is 6.22. The van der Waals surface area contributed by atoms with E-state index >= 15 is 0 Å². The Hall–Kier alpha value is -0.120. The van der Waals surface area contributed by atoms with Crippen molar-refractivity contribution in [2.75, 3.05) is 33.4 Å². The molecule has 0 aliphatic carbocycles. The van der Waals surface area contributed by atoms with Crippen molar-refractivity contribution < 1.29 is 4.74 Å². The molecule has 1 rings (SSSR count). The van der Waals surface area contributed by atoms with E-state index in [0.29, 0.717) is 12.1 Å². The van der Waals surface area contributed by atoms with Gasteiger partial charge in [-0.05, 0) is 45.8 Å². The van der Waals surface area contributed by atoms with Crippen LogP contribution in [-0.4, -0.2) is 50.3 Å². The Morgan fingerprint density at radius 3 is 2.60 bits per heavy atom. The van der Waals surface area contributed by atoms with Gasteiger partial charge >= 0.3 is 0 Å². The minimum absolute atomic E-state index is 0.484. The van der Waals surface area contributed by atoms with Crippen molar-refractivity contribution in [2.45, 2.75) is 45.2 Å². The third kappa shape index (κ3) is 4.96. The van der Waals surface area contributed by atoms with Gasteiger partial charge in [-0.3, -0.25) is 0 Å². The Morgan fingerprint density at radius 1 is 1.40 bits per heavy atom. The highest BCUT2D eigenvalue weighted by Gasteiger charge is 2.19. The van der Waals surface area contributed by atoms with Crippen LogP contribution in [0.15, 0.2) is 0 Å². The van der Waals surface area contributed by atoms with Crippen molar-refractivity contribution in [2.24, 2.45) is 0 Å². The molecule has 1 saturated heterocycles. The van der Waals surface area contributed by atoms with Gasteiger partial charge in [0, 0.05) is 19.2 Å². The third-order valence-electron chi connectivity index (χ3n) is 3.06. The van der Waals surface area contributed by atoms with Gasteiger partial charge in [0.1, 0.15) is 0 Å². The van der Waals surface area contributed by atoms with Crippen LogP contribution in [0.5, 0.6) is 0 Å². The third-order valence-corrected chi connectivity index (χ3v) is 3.06. The molecule has 0 radical (unpaired) electrons. The van der Waals surface area contributed by atoms with E-state index in [9.17, 15) is 0 Å². The van der Waals surface area contributed by atoms with Gasteiger partial charge in [0.25, 0.3) is 0 Å². The predicted molar refractivity (Wildman–Crippen MR) is 64.2 cm³/mol. The van der Waals surface area contributed by atoms with Crippen LogP contribution < -0.4 is 5.32 Å². The largest absolute Gasteiger partial charge is 0.383 e. The molecule has 0 aromatic rings. The summed E-state index contributed by atoms with van der Waals surface area (Å²) in [6, 6.07) is 1.18. The number of likely N-dealkylation sites (tertiary alicyclic amines) is 1. The van der Waals surface area contributed by atoms with Crippen LogP contribution in [0.2, 0.25) is 0 Å². The van der Waals surface area contributed by atoms with Crippen molar-refractivity contribution >= 4 is 0 Å². The summed E-state index contributed by atoms with van der Waals surface area (Å²) >= 11 is 0. The molecular formula is C12H26N2O. The summed E-state index contributed by atoms with van der Waals surface area (Å²) in [6.07, 6.45) is 3.85. The quantitative estimate of drug-likeness (QED) is 0.725. The minimum Gasteiger partial charge on any atom is -0.383 e. The Labute approximate surface area is 94.2 Å². The Morgan fingerprint density at radius 2 is 2.07 bits per heavy atom. The summed E-state index contributed by atoms with van der Waals surface area (Å²) in [7, 11) is 1.77. The van der Waals surface area contributed by atoms with Gasteiger partial charge in [-0.15, -0.1) is 0 Å². The summed E-state index contributed by atoms with van der Waals surface area (Å²) in [5.74, 6) is 0. The van der Waals surface area contributed by atoms with Gasteiger partial charge in [-0.25, -0.2) is 0 Å². The minimum atomic E-state index is 0.484. The van der Waals surface area contributed by atoms with Crippen molar-refractivity contribution in [3.05, 3.63) is 0 Å². The topological polar surface area (TPSA) is 24.5 Å². The van der Waals surface area contributed by atoms with E-state index in [2.05, 4.69) is 24.1 Å². The molecule has 1 atom stereocenters. The zero-order chi connectivity index (χ0) is 11.1. The number of ether oxygens (including phenoxy) is 1. The first-order chi connectivity index (χ1) is 7.26. The van der Waals surface area contributed by atoms with E-state index in [0.717, 1.165) is 6.61 Å². The average molecular weight is 214 g/mol. The summed E-state index contributed by atoms with van der Waals surface area (Å²) in [5.41, 5.74) is 0. The fraction of sp³-hybridized carbons (Fsp3) is 1.00. The first-order valence-electron chi connectivity index (χ1n) is 6.23. The number of hydrogen-bond donors (Lipinski definition) is 1. The molecule has 3 heteroatoms. The van der Waals surface area contributed by atoms with Crippen molar-refractivity contribution in [3.63, 3.8) is 0 Å². The van der Waals surface area contributed by atoms with Crippen LogP contribution in [-0.2, 0) is 4.74 Å². The zero-order valence-corrected chi connectivity index (χ0v) is 10.5. The molecule has 0 amide bonds. The molecule has 1 fully saturated rings. The number of nitrogens with one attached hydrogen (secondary N) is 1. The molecule has 0 aromatic carbocycles. The van der Waals surface area contributed by atoms with E-state index in [1.807, 2.05) is 0 Å². The molecule has 1 heterocycles. The van der Waals surface area contributed by atoms with Crippen molar-refractivity contribution in [1.82, 2.24) is 10.2 Å². The molecule has 1 aliphatic heterocycles. The normalized spacial score (nSPS) is 21.8. The fourth-order valence-electron chi connectivity index (χ4n) is 2.34. The van der Waals surface area contributed by atoms with Crippen molar-refractivity contribution in [3.8, 4) is 0 Å². The Bertz CT molecular complexity index is 156. The maximum absolute atomic E-state index is 5.13. The molecule has 1 N–H and O–H groups in total. The van der Waals surface area contributed by atoms with Crippen LogP contribution in [0.25, 0.3) is 0 Å². The average Bonchev–Trinajstić information content (AvgIpc) is 2.22. The van der Waals surface area contributed by atoms with Crippen LogP contribution >= 0.6 is 0 Å². The summed E-state index contributed by atoms with van der Waals surface area (Å²) in [5, 5.41) is 3.63. The smallest absolute Gasteiger partial charge is 0.0613 e. The second-order valence-electron chi connectivity index (χ2n) is 4.64. The molecule has 1 aliphatic rings. The molecule has 3 nitrogen and oxygen atoms in total. The monoisotopic (exact) mass is 214 g/mol. The number of rotatable bonds is 6. The predicted octanol–water partition coefficient (Wildman–Crippen LogP) is 1.49. The molecule has 15 heavy (non-hydrogen) atoms. The highest BCUT2D eigenvalue weighted by molar-refractivity contribution is 4.79. The molecule has 0 bridgehead atoms. The van der Waals surface area contributed by atoms with Gasteiger partial charge in [-0.1, -0.05) is 6.92 Å². The second-order valence-corrected chi connectivity index (χ2v) is 4.64. The number of piperidine rings is 1. The van der Waals surface area contributed by atoms with Crippen molar-refractivity contribution in [1.29, 1.82) is 0 Å². The van der Waals surface area contributed by atoms with E-state index in [-0.39, 0.29) is 0 Å². The van der Waals surface area contributed by atoms with Crippen LogP contribution in [0.3, 0.4) is 0 Å². The maximum Gasteiger partial charge on any atom is 0.0613 e. The van der Waals surface area contributed by atoms with Gasteiger partial charge in [0.15, 0.2) is 0 Å². The summed E-state index contributed by atoms with van der Waals surface area (Å²) < 4.78 is 5.13. The Balaban J connectivity index is 2.14. The highest BCUT2D eigenvalue weighted by Crippen LogP contribution is 2.11. The zero-order valence-electron chi connectivity index (χ0n) is 10.5. The molecule has 0 saturated carbocycles. The lowest BCUT2D eigenvalue weighted by Crippen LogP contribution is -2.46. The summed E-state index contributed by atoms with van der Waals surface area (Å²) in [6.45, 7) is 9.04. The lowest BCUT2D eigenvalue weighted by molar-refractivity contribution is 0.147. The lowest BCUT2D eigenvalue weighted by atomic mass is 10.0. The molecule has 0 aromatic heterocycles. The van der Waals surface area contributed by atoms with Gasteiger partial charge < -0.3 is 15.0 Å². The standard InChI is InChI=1S/C12H26N2O/c1-4-7-14-8-5-12(6-9-14)13-11(2)10-15-3/h11-13H,4-10H2,1-3H3/t11-/m1/s1. The second kappa shape index (κ2) is 7.20. The molecule has 0 spiro atoms. The molecular weight excluding hydrogens is 188 g/mol. The number of nitrogens with zero attached hydrogens (tertiary/aromatic N) is 1. The molecule has 90 valence electrons. The van der Waals surface area contributed by atoms with E-state index < -0.39 is 0 Å². The first-order valence-corrected chi connectivity index (χ1v) is 6.23. The number of hydrogen-bond acceptors (Lipinski definition) is 3. The van der Waals surface area contributed by atoms with Crippen LogP contribution in [0.1, 0.15) is 33.1 Å². The van der Waals surface area contributed by atoms with E-state index in [1.165, 1.54) is 38.9 Å². The highest BCUT2D eigenvalue weighted by atomic mass is 16.5. The van der Waals surface area contributed by atoms with Gasteiger partial charge in [-0.2, -0.15) is 0 Å².